The molecule has 0 amide bonds. The van der Waals surface area contributed by atoms with Crippen LogP contribution in [0.3, 0.4) is 0 Å². The average Bonchev–Trinajstić information content (AvgIpc) is 2.86. The third kappa shape index (κ3) is 4.45. The number of rotatable bonds is 4. The van der Waals surface area contributed by atoms with E-state index in [4.69, 9.17) is 9.84 Å². The van der Waals surface area contributed by atoms with Crippen molar-refractivity contribution in [1.82, 2.24) is 0 Å². The molecule has 0 saturated heterocycles. The summed E-state index contributed by atoms with van der Waals surface area (Å²) in [4.78, 5) is 2.31. The smallest absolute Gasteiger partial charge is 0.0813 e. The zero-order chi connectivity index (χ0) is 12.6. The quantitative estimate of drug-likeness (QED) is 0.845. The van der Waals surface area contributed by atoms with Gasteiger partial charge in [0.25, 0.3) is 0 Å². The van der Waals surface area contributed by atoms with Gasteiger partial charge in [-0.2, -0.15) is 0 Å². The molecule has 1 N–H and O–H groups in total. The van der Waals surface area contributed by atoms with E-state index in [1.165, 1.54) is 37.0 Å². The zero-order valence-electron chi connectivity index (χ0n) is 10.7. The van der Waals surface area contributed by atoms with Crippen LogP contribution in [0.5, 0.6) is 0 Å². The van der Waals surface area contributed by atoms with Gasteiger partial charge < -0.3 is 9.84 Å². The number of ether oxygens (including phenoxy) is 1. The van der Waals surface area contributed by atoms with Crippen LogP contribution in [0.15, 0.2) is 12.1 Å². The van der Waals surface area contributed by atoms with Gasteiger partial charge in [-0.3, -0.25) is 0 Å². The molecular weight excluding hydrogens is 244 g/mol. The standard InChI is InChI=1S/C15H20O2S/c16-11-5-4-8-14-9-10-15(18-14)12-17-13-6-2-1-3-7-13/h9-10,13,16H,1-3,5-7,11-12H2. The van der Waals surface area contributed by atoms with Crippen LogP contribution >= 0.6 is 11.3 Å². The van der Waals surface area contributed by atoms with Crippen molar-refractivity contribution >= 4 is 11.3 Å². The SMILES string of the molecule is OCCC#Cc1ccc(COC2CCCCC2)s1. The van der Waals surface area contributed by atoms with E-state index in [9.17, 15) is 0 Å². The van der Waals surface area contributed by atoms with Gasteiger partial charge in [0.05, 0.1) is 24.2 Å². The van der Waals surface area contributed by atoms with Gasteiger partial charge in [-0.05, 0) is 25.0 Å². The molecule has 0 aliphatic heterocycles. The van der Waals surface area contributed by atoms with Crippen molar-refractivity contribution in [3.05, 3.63) is 21.9 Å². The minimum Gasteiger partial charge on any atom is -0.395 e. The van der Waals surface area contributed by atoms with E-state index in [-0.39, 0.29) is 6.61 Å². The van der Waals surface area contributed by atoms with Crippen molar-refractivity contribution in [2.45, 2.75) is 51.2 Å². The molecule has 0 spiro atoms. The largest absolute Gasteiger partial charge is 0.395 e. The van der Waals surface area contributed by atoms with Gasteiger partial charge in [0, 0.05) is 11.3 Å². The van der Waals surface area contributed by atoms with Crippen LogP contribution in [-0.2, 0) is 11.3 Å². The van der Waals surface area contributed by atoms with Gasteiger partial charge in [0.15, 0.2) is 0 Å². The van der Waals surface area contributed by atoms with E-state index in [0.717, 1.165) is 11.5 Å². The normalized spacial score (nSPS) is 16.3. The van der Waals surface area contributed by atoms with Crippen LogP contribution in [0.4, 0.5) is 0 Å². The van der Waals surface area contributed by atoms with Gasteiger partial charge in [0.1, 0.15) is 0 Å². The van der Waals surface area contributed by atoms with Crippen molar-refractivity contribution in [2.24, 2.45) is 0 Å². The summed E-state index contributed by atoms with van der Waals surface area (Å²) >= 11 is 1.69. The van der Waals surface area contributed by atoms with Gasteiger partial charge in [-0.1, -0.05) is 31.1 Å². The van der Waals surface area contributed by atoms with Crippen molar-refractivity contribution in [1.29, 1.82) is 0 Å². The second-order valence-corrected chi connectivity index (χ2v) is 5.78. The summed E-state index contributed by atoms with van der Waals surface area (Å²) in [7, 11) is 0. The van der Waals surface area contributed by atoms with Crippen molar-refractivity contribution in [2.75, 3.05) is 6.61 Å². The molecule has 0 atom stereocenters. The molecule has 1 aliphatic carbocycles. The zero-order valence-corrected chi connectivity index (χ0v) is 11.5. The minimum atomic E-state index is 0.135. The van der Waals surface area contributed by atoms with Crippen molar-refractivity contribution in [3.8, 4) is 11.8 Å². The summed E-state index contributed by atoms with van der Waals surface area (Å²) in [5, 5.41) is 8.66. The van der Waals surface area contributed by atoms with Crippen LogP contribution in [0.25, 0.3) is 0 Å². The van der Waals surface area contributed by atoms with Gasteiger partial charge in [-0.25, -0.2) is 0 Å². The Balaban J connectivity index is 1.77. The molecule has 2 nitrogen and oxygen atoms in total. The van der Waals surface area contributed by atoms with Crippen molar-refractivity contribution < 1.29 is 9.84 Å². The molecule has 98 valence electrons. The minimum absolute atomic E-state index is 0.135. The lowest BCUT2D eigenvalue weighted by Gasteiger charge is -2.21. The topological polar surface area (TPSA) is 29.5 Å². The Morgan fingerprint density at radius 1 is 1.28 bits per heavy atom. The van der Waals surface area contributed by atoms with Crippen LogP contribution in [-0.4, -0.2) is 17.8 Å². The summed E-state index contributed by atoms with van der Waals surface area (Å²) < 4.78 is 5.93. The molecular formula is C15H20O2S. The van der Waals surface area contributed by atoms with Gasteiger partial charge >= 0.3 is 0 Å². The maximum Gasteiger partial charge on any atom is 0.0813 e. The first-order valence-electron chi connectivity index (χ1n) is 6.68. The van der Waals surface area contributed by atoms with E-state index in [1.54, 1.807) is 11.3 Å². The lowest BCUT2D eigenvalue weighted by molar-refractivity contribution is 0.0182. The predicted octanol–water partition coefficient (Wildman–Crippen LogP) is 3.33. The maximum absolute atomic E-state index is 8.66. The molecule has 0 unspecified atom stereocenters. The summed E-state index contributed by atoms with van der Waals surface area (Å²) in [6.45, 7) is 0.854. The highest BCUT2D eigenvalue weighted by atomic mass is 32.1. The number of hydrogen-bond donors (Lipinski definition) is 1. The fourth-order valence-corrected chi connectivity index (χ4v) is 2.96. The fraction of sp³-hybridized carbons (Fsp3) is 0.600. The Labute approximate surface area is 113 Å². The summed E-state index contributed by atoms with van der Waals surface area (Å²) in [6.07, 6.45) is 7.43. The molecule has 1 aromatic heterocycles. The van der Waals surface area contributed by atoms with E-state index < -0.39 is 0 Å². The van der Waals surface area contributed by atoms with Crippen LogP contribution < -0.4 is 0 Å². The molecule has 1 saturated carbocycles. The average molecular weight is 264 g/mol. The van der Waals surface area contributed by atoms with Gasteiger partial charge in [-0.15, -0.1) is 11.3 Å². The van der Waals surface area contributed by atoms with Gasteiger partial charge in [0.2, 0.25) is 0 Å². The molecule has 3 heteroatoms. The summed E-state index contributed by atoms with van der Waals surface area (Å²) in [6, 6.07) is 4.13. The molecule has 1 heterocycles. The Morgan fingerprint density at radius 2 is 2.11 bits per heavy atom. The maximum atomic E-state index is 8.66. The monoisotopic (exact) mass is 264 g/mol. The molecule has 0 bridgehead atoms. The summed E-state index contributed by atoms with van der Waals surface area (Å²) in [5.41, 5.74) is 0. The first-order chi connectivity index (χ1) is 8.88. The van der Waals surface area contributed by atoms with E-state index >= 15 is 0 Å². The second-order valence-electron chi connectivity index (χ2n) is 4.61. The highest BCUT2D eigenvalue weighted by molar-refractivity contribution is 7.12. The summed E-state index contributed by atoms with van der Waals surface area (Å²) in [5.74, 6) is 6.00. The molecule has 1 aliphatic rings. The number of aliphatic hydroxyl groups is 1. The molecule has 18 heavy (non-hydrogen) atoms. The predicted molar refractivity (Wildman–Crippen MR) is 74.6 cm³/mol. The molecule has 0 radical (unpaired) electrons. The first-order valence-corrected chi connectivity index (χ1v) is 7.50. The fourth-order valence-electron chi connectivity index (χ4n) is 2.16. The Kier molecular flexibility index (Phi) is 5.73. The molecule has 1 fully saturated rings. The lowest BCUT2D eigenvalue weighted by Crippen LogP contribution is -2.15. The van der Waals surface area contributed by atoms with E-state index in [2.05, 4.69) is 17.9 Å². The highest BCUT2D eigenvalue weighted by Crippen LogP contribution is 2.23. The second kappa shape index (κ2) is 7.58. The number of thiophene rings is 1. The van der Waals surface area contributed by atoms with Crippen LogP contribution in [0.2, 0.25) is 0 Å². The molecule has 0 aromatic carbocycles. The third-order valence-corrected chi connectivity index (χ3v) is 4.10. The van der Waals surface area contributed by atoms with Crippen molar-refractivity contribution in [3.63, 3.8) is 0 Å². The van der Waals surface area contributed by atoms with Crippen LogP contribution in [0.1, 0.15) is 48.3 Å². The Hall–Kier alpha value is -0.820. The first kappa shape index (κ1) is 13.6. The van der Waals surface area contributed by atoms with Crippen LogP contribution in [0, 0.1) is 11.8 Å². The molecule has 2 rings (SSSR count). The lowest BCUT2D eigenvalue weighted by atomic mass is 9.98. The van der Waals surface area contributed by atoms with E-state index in [1.807, 2.05) is 6.07 Å². The Bertz CT molecular complexity index is 408. The number of aliphatic hydroxyl groups excluding tert-OH is 1. The Morgan fingerprint density at radius 3 is 2.89 bits per heavy atom. The third-order valence-electron chi connectivity index (χ3n) is 3.12. The molecule has 1 aromatic rings. The number of hydrogen-bond acceptors (Lipinski definition) is 3. The van der Waals surface area contributed by atoms with E-state index in [0.29, 0.717) is 12.5 Å². The highest BCUT2D eigenvalue weighted by Gasteiger charge is 2.13.